The topological polar surface area (TPSA) is 117 Å². The van der Waals surface area contributed by atoms with Crippen molar-refractivity contribution in [2.24, 2.45) is 0 Å². The fourth-order valence-electron chi connectivity index (χ4n) is 3.42. The van der Waals surface area contributed by atoms with Gasteiger partial charge in [-0.2, -0.15) is 5.26 Å². The van der Waals surface area contributed by atoms with Crippen molar-refractivity contribution in [3.63, 3.8) is 0 Å². The van der Waals surface area contributed by atoms with Crippen molar-refractivity contribution in [2.75, 3.05) is 6.54 Å². The predicted octanol–water partition coefficient (Wildman–Crippen LogP) is 3.32. The van der Waals surface area contributed by atoms with Gasteiger partial charge in [-0.25, -0.2) is 13.2 Å². The van der Waals surface area contributed by atoms with Crippen molar-refractivity contribution >= 4 is 45.0 Å². The lowest BCUT2D eigenvalue weighted by molar-refractivity contribution is -0.126. The number of rotatable bonds is 4. The van der Waals surface area contributed by atoms with Crippen molar-refractivity contribution in [3.8, 4) is 6.07 Å². The number of halogens is 2. The molecule has 0 radical (unpaired) electrons. The quantitative estimate of drug-likeness (QED) is 0.695. The molecule has 1 aliphatic heterocycles. The molecule has 1 aromatic rings. The lowest BCUT2D eigenvalue weighted by Crippen LogP contribution is -2.50. The molecule has 1 N–H and O–H groups in total. The number of nitrogens with zero attached hydrogens (tertiary/aromatic N) is 2. The van der Waals surface area contributed by atoms with Crippen molar-refractivity contribution < 1.29 is 22.7 Å². The first kappa shape index (κ1) is 23.6. The molecule has 2 aliphatic rings. The number of sulfone groups is 1. The van der Waals surface area contributed by atoms with E-state index >= 15 is 0 Å². The number of carbonyl (C=O) groups excluding carboxylic acids is 2. The molecule has 1 aromatic carbocycles. The van der Waals surface area contributed by atoms with Gasteiger partial charge >= 0.3 is 6.09 Å². The fraction of sp³-hybridized carbons (Fsp3) is 0.550. The highest BCUT2D eigenvalue weighted by Crippen LogP contribution is 2.38. The Morgan fingerprint density at radius 3 is 2.32 bits per heavy atom. The molecule has 2 atom stereocenters. The Kier molecular flexibility index (Phi) is 6.22. The van der Waals surface area contributed by atoms with Crippen LogP contribution in [0.15, 0.2) is 23.1 Å². The average Bonchev–Trinajstić information content (AvgIpc) is 3.25. The van der Waals surface area contributed by atoms with E-state index in [-0.39, 0.29) is 27.9 Å². The summed E-state index contributed by atoms with van der Waals surface area (Å²) in [4.78, 5) is 26.6. The third kappa shape index (κ3) is 4.92. The number of amides is 2. The fourth-order valence-corrected chi connectivity index (χ4v) is 6.27. The average molecular weight is 488 g/mol. The molecule has 31 heavy (non-hydrogen) atoms. The maximum Gasteiger partial charge on any atom is 0.411 e. The molecule has 2 amide bonds. The first-order valence-electron chi connectivity index (χ1n) is 9.70. The summed E-state index contributed by atoms with van der Waals surface area (Å²) in [5.74, 6) is -0.590. The van der Waals surface area contributed by atoms with Gasteiger partial charge in [0.15, 0.2) is 9.84 Å². The molecule has 1 saturated heterocycles. The maximum atomic E-state index is 13.3. The number of likely N-dealkylation sites (tertiary alicyclic amines) is 1. The van der Waals surface area contributed by atoms with Gasteiger partial charge in [0.2, 0.25) is 5.91 Å². The van der Waals surface area contributed by atoms with Crippen molar-refractivity contribution in [3.05, 3.63) is 28.2 Å². The number of hydrogen-bond donors (Lipinski definition) is 1. The zero-order valence-electron chi connectivity index (χ0n) is 17.3. The Labute approximate surface area is 191 Å². The van der Waals surface area contributed by atoms with Crippen LogP contribution in [0.4, 0.5) is 4.79 Å². The normalized spacial score (nSPS) is 22.5. The number of benzene rings is 1. The molecule has 11 heteroatoms. The molecule has 1 aliphatic carbocycles. The Balaban J connectivity index is 1.93. The van der Waals surface area contributed by atoms with Crippen LogP contribution in [0.1, 0.15) is 40.0 Å². The molecule has 1 saturated carbocycles. The molecular weight excluding hydrogens is 465 g/mol. The van der Waals surface area contributed by atoms with E-state index in [0.29, 0.717) is 12.8 Å². The summed E-state index contributed by atoms with van der Waals surface area (Å²) < 4.78 is 32.0. The van der Waals surface area contributed by atoms with Crippen LogP contribution in [0.2, 0.25) is 10.0 Å². The summed E-state index contributed by atoms with van der Waals surface area (Å²) in [6.45, 7) is 4.74. The minimum Gasteiger partial charge on any atom is -0.444 e. The van der Waals surface area contributed by atoms with Gasteiger partial charge in [-0.1, -0.05) is 29.3 Å². The standard InChI is InChI=1S/C20H23Cl2N3O5S/c1-19(2,3)30-18(27)25-10-12(9-15(25)17(26)24-20(11-23)7-8-20)31(28,29)16-13(21)5-4-6-14(16)22/h4-6,12,15H,7-10H2,1-3H3,(H,24,26). The SMILES string of the molecule is CC(C)(C)OC(=O)N1CC(S(=O)(=O)c2c(Cl)cccc2Cl)CC1C(=O)NC1(C#N)CC1. The summed E-state index contributed by atoms with van der Waals surface area (Å²) in [6.07, 6.45) is 0.0325. The van der Waals surface area contributed by atoms with Gasteiger partial charge in [-0.05, 0) is 52.2 Å². The van der Waals surface area contributed by atoms with E-state index < -0.39 is 44.3 Å². The molecule has 8 nitrogen and oxygen atoms in total. The van der Waals surface area contributed by atoms with Crippen LogP contribution >= 0.6 is 23.2 Å². The predicted molar refractivity (Wildman–Crippen MR) is 115 cm³/mol. The van der Waals surface area contributed by atoms with Gasteiger partial charge in [-0.3, -0.25) is 9.69 Å². The van der Waals surface area contributed by atoms with Crippen LogP contribution in [-0.4, -0.2) is 54.3 Å². The number of nitrogens with one attached hydrogen (secondary N) is 1. The van der Waals surface area contributed by atoms with E-state index in [1.54, 1.807) is 20.8 Å². The third-order valence-electron chi connectivity index (χ3n) is 5.16. The second-order valence-electron chi connectivity index (χ2n) is 8.79. The lowest BCUT2D eigenvalue weighted by Gasteiger charge is -2.28. The monoisotopic (exact) mass is 487 g/mol. The van der Waals surface area contributed by atoms with E-state index in [4.69, 9.17) is 27.9 Å². The largest absolute Gasteiger partial charge is 0.444 e. The highest BCUT2D eigenvalue weighted by molar-refractivity contribution is 7.92. The van der Waals surface area contributed by atoms with Crippen LogP contribution in [0.25, 0.3) is 0 Å². The maximum absolute atomic E-state index is 13.3. The lowest BCUT2D eigenvalue weighted by atomic mass is 10.2. The molecular formula is C20H23Cl2N3O5S. The molecule has 1 heterocycles. The zero-order valence-corrected chi connectivity index (χ0v) is 19.6. The highest BCUT2D eigenvalue weighted by atomic mass is 35.5. The first-order valence-corrected chi connectivity index (χ1v) is 12.0. The summed E-state index contributed by atoms with van der Waals surface area (Å²) >= 11 is 12.2. The molecule has 168 valence electrons. The zero-order chi connectivity index (χ0) is 23.2. The van der Waals surface area contributed by atoms with Crippen LogP contribution in [0.5, 0.6) is 0 Å². The number of nitriles is 1. The van der Waals surface area contributed by atoms with E-state index in [1.807, 2.05) is 0 Å². The summed E-state index contributed by atoms with van der Waals surface area (Å²) in [5, 5.41) is 10.7. The van der Waals surface area contributed by atoms with E-state index in [0.717, 1.165) is 4.90 Å². The molecule has 0 spiro atoms. The minimum absolute atomic E-state index is 0.0365. The molecule has 0 bridgehead atoms. The minimum atomic E-state index is -4.07. The number of carbonyl (C=O) groups is 2. The Morgan fingerprint density at radius 1 is 1.26 bits per heavy atom. The summed E-state index contributed by atoms with van der Waals surface area (Å²) in [5.41, 5.74) is -1.80. The van der Waals surface area contributed by atoms with E-state index in [9.17, 15) is 23.3 Å². The van der Waals surface area contributed by atoms with Gasteiger partial charge in [0.05, 0.1) is 21.4 Å². The van der Waals surface area contributed by atoms with Crippen LogP contribution in [0, 0.1) is 11.3 Å². The highest BCUT2D eigenvalue weighted by Gasteiger charge is 2.51. The number of ether oxygens (including phenoxy) is 1. The van der Waals surface area contributed by atoms with Crippen molar-refractivity contribution in [1.29, 1.82) is 5.26 Å². The van der Waals surface area contributed by atoms with E-state index in [2.05, 4.69) is 11.4 Å². The van der Waals surface area contributed by atoms with Gasteiger partial charge in [0, 0.05) is 6.54 Å². The van der Waals surface area contributed by atoms with Crippen LogP contribution in [-0.2, 0) is 19.4 Å². The Bertz CT molecular complexity index is 1040. The second kappa shape index (κ2) is 8.15. The van der Waals surface area contributed by atoms with Crippen LogP contribution < -0.4 is 5.32 Å². The Morgan fingerprint density at radius 2 is 1.84 bits per heavy atom. The summed E-state index contributed by atoms with van der Waals surface area (Å²) in [6, 6.07) is 5.29. The molecule has 2 fully saturated rings. The third-order valence-corrected chi connectivity index (χ3v) is 8.24. The van der Waals surface area contributed by atoms with Crippen molar-refractivity contribution in [2.45, 2.75) is 67.4 Å². The molecule has 3 rings (SSSR count). The number of hydrogen-bond acceptors (Lipinski definition) is 6. The van der Waals surface area contributed by atoms with Gasteiger partial charge in [-0.15, -0.1) is 0 Å². The first-order chi connectivity index (χ1) is 14.3. The van der Waals surface area contributed by atoms with Gasteiger partial charge in [0.25, 0.3) is 0 Å². The van der Waals surface area contributed by atoms with E-state index in [1.165, 1.54) is 18.2 Å². The smallest absolute Gasteiger partial charge is 0.411 e. The van der Waals surface area contributed by atoms with Gasteiger partial charge < -0.3 is 10.1 Å². The second-order valence-corrected chi connectivity index (χ2v) is 11.8. The molecule has 2 unspecified atom stereocenters. The molecule has 0 aromatic heterocycles. The van der Waals surface area contributed by atoms with Crippen molar-refractivity contribution in [1.82, 2.24) is 10.2 Å². The van der Waals surface area contributed by atoms with Gasteiger partial charge in [0.1, 0.15) is 22.1 Å². The summed E-state index contributed by atoms with van der Waals surface area (Å²) in [7, 11) is -4.07. The van der Waals surface area contributed by atoms with Crippen LogP contribution in [0.3, 0.4) is 0 Å². The Hall–Kier alpha value is -2.02.